The summed E-state index contributed by atoms with van der Waals surface area (Å²) < 4.78 is 44.2. The van der Waals surface area contributed by atoms with Crippen LogP contribution in [0.4, 0.5) is 13.2 Å². The Kier molecular flexibility index (Phi) is 8.10. The number of carboxylic acids is 1. The number of nitrogens with one attached hydrogen (secondary N) is 1. The van der Waals surface area contributed by atoms with Crippen LogP contribution in [0.2, 0.25) is 0 Å². The molecule has 9 heteroatoms. The Morgan fingerprint density at radius 2 is 1.31 bits per heavy atom. The number of ether oxygens (including phenoxy) is 1. The zero-order chi connectivity index (χ0) is 28.0. The van der Waals surface area contributed by atoms with Crippen LogP contribution in [0.5, 0.6) is 11.5 Å². The van der Waals surface area contributed by atoms with Crippen LogP contribution in [0, 0.1) is 0 Å². The highest BCUT2D eigenvalue weighted by Crippen LogP contribution is 2.31. The molecule has 0 fully saturated rings. The maximum atomic E-state index is 12.9. The molecule has 1 atom stereocenters. The van der Waals surface area contributed by atoms with Gasteiger partial charge in [0.05, 0.1) is 18.0 Å². The van der Waals surface area contributed by atoms with E-state index in [2.05, 4.69) is 5.32 Å². The molecule has 0 radical (unpaired) electrons. The van der Waals surface area contributed by atoms with Crippen molar-refractivity contribution in [2.24, 2.45) is 0 Å². The fraction of sp³-hybridized carbons (Fsp3) is 0.100. The SMILES string of the molecule is O=Cc1ccc(Oc2ccc(C(CC(=O)O)NC(=O)c3ccc(-c4ccc(C(F)(F)F)cc4)cc3)cc2)cc1. The van der Waals surface area contributed by atoms with Gasteiger partial charge in [-0.05, 0) is 77.4 Å². The molecule has 0 spiro atoms. The Balaban J connectivity index is 1.44. The van der Waals surface area contributed by atoms with Gasteiger partial charge >= 0.3 is 12.1 Å². The van der Waals surface area contributed by atoms with Gasteiger partial charge in [0.15, 0.2) is 0 Å². The van der Waals surface area contributed by atoms with E-state index in [-0.39, 0.29) is 12.0 Å². The molecule has 39 heavy (non-hydrogen) atoms. The van der Waals surface area contributed by atoms with Crippen molar-refractivity contribution in [2.75, 3.05) is 0 Å². The van der Waals surface area contributed by atoms with E-state index in [9.17, 15) is 32.7 Å². The van der Waals surface area contributed by atoms with Crippen LogP contribution in [-0.4, -0.2) is 23.3 Å². The number of hydrogen-bond acceptors (Lipinski definition) is 4. The number of aldehydes is 1. The van der Waals surface area contributed by atoms with E-state index in [1.807, 2.05) is 0 Å². The van der Waals surface area contributed by atoms with Crippen LogP contribution in [0.15, 0.2) is 97.1 Å². The first-order chi connectivity index (χ1) is 18.6. The molecule has 0 heterocycles. The number of halogens is 3. The third-order valence-corrected chi connectivity index (χ3v) is 5.91. The molecule has 6 nitrogen and oxygen atoms in total. The minimum Gasteiger partial charge on any atom is -0.481 e. The maximum Gasteiger partial charge on any atom is 0.416 e. The van der Waals surface area contributed by atoms with E-state index in [1.54, 1.807) is 60.7 Å². The van der Waals surface area contributed by atoms with Gasteiger partial charge < -0.3 is 15.2 Å². The Morgan fingerprint density at radius 3 is 1.79 bits per heavy atom. The summed E-state index contributed by atoms with van der Waals surface area (Å²) in [6.45, 7) is 0. The van der Waals surface area contributed by atoms with Gasteiger partial charge in [-0.25, -0.2) is 0 Å². The summed E-state index contributed by atoms with van der Waals surface area (Å²) in [6.07, 6.45) is -4.06. The van der Waals surface area contributed by atoms with Gasteiger partial charge in [0.2, 0.25) is 0 Å². The minimum absolute atomic E-state index is 0.264. The van der Waals surface area contributed by atoms with E-state index >= 15 is 0 Å². The van der Waals surface area contributed by atoms with Gasteiger partial charge in [-0.2, -0.15) is 13.2 Å². The second-order valence-corrected chi connectivity index (χ2v) is 8.63. The predicted octanol–water partition coefficient (Wildman–Crippen LogP) is 6.92. The average Bonchev–Trinajstić information content (AvgIpc) is 2.93. The first-order valence-corrected chi connectivity index (χ1v) is 11.8. The molecule has 198 valence electrons. The van der Waals surface area contributed by atoms with Gasteiger partial charge in [0.1, 0.15) is 17.8 Å². The summed E-state index contributed by atoms with van der Waals surface area (Å²) in [5.74, 6) is -0.607. The highest BCUT2D eigenvalue weighted by molar-refractivity contribution is 5.95. The number of amides is 1. The van der Waals surface area contributed by atoms with Gasteiger partial charge in [0, 0.05) is 11.1 Å². The lowest BCUT2D eigenvalue weighted by Crippen LogP contribution is -2.30. The first kappa shape index (κ1) is 27.1. The number of carboxylic acid groups (broad SMARTS) is 1. The van der Waals surface area contributed by atoms with Crippen molar-refractivity contribution in [1.82, 2.24) is 5.32 Å². The maximum absolute atomic E-state index is 12.9. The summed E-state index contributed by atoms with van der Waals surface area (Å²) >= 11 is 0. The van der Waals surface area contributed by atoms with Gasteiger partial charge in [-0.1, -0.05) is 36.4 Å². The summed E-state index contributed by atoms with van der Waals surface area (Å²) in [6, 6.07) is 23.2. The van der Waals surface area contributed by atoms with Crippen LogP contribution in [0.1, 0.15) is 44.3 Å². The smallest absolute Gasteiger partial charge is 0.416 e. The topological polar surface area (TPSA) is 92.7 Å². The van der Waals surface area contributed by atoms with Crippen LogP contribution >= 0.6 is 0 Å². The zero-order valence-corrected chi connectivity index (χ0v) is 20.3. The molecule has 0 bridgehead atoms. The Hall–Kier alpha value is -4.92. The Morgan fingerprint density at radius 1 is 0.795 bits per heavy atom. The Labute approximate surface area is 221 Å². The van der Waals surface area contributed by atoms with Crippen molar-refractivity contribution in [2.45, 2.75) is 18.6 Å². The second-order valence-electron chi connectivity index (χ2n) is 8.63. The van der Waals surface area contributed by atoms with Gasteiger partial charge in [-0.3, -0.25) is 14.4 Å². The van der Waals surface area contributed by atoms with Crippen LogP contribution in [-0.2, 0) is 11.0 Å². The summed E-state index contributed by atoms with van der Waals surface area (Å²) in [4.78, 5) is 35.2. The van der Waals surface area contributed by atoms with E-state index < -0.39 is 29.7 Å². The van der Waals surface area contributed by atoms with Gasteiger partial charge in [0.25, 0.3) is 5.91 Å². The zero-order valence-electron chi connectivity index (χ0n) is 20.3. The van der Waals surface area contributed by atoms with Crippen molar-refractivity contribution in [3.05, 3.63) is 119 Å². The van der Waals surface area contributed by atoms with E-state index in [4.69, 9.17) is 4.74 Å². The van der Waals surface area contributed by atoms with Crippen molar-refractivity contribution >= 4 is 18.2 Å². The molecule has 0 aromatic heterocycles. The molecular formula is C30H22F3NO5. The second kappa shape index (κ2) is 11.6. The monoisotopic (exact) mass is 533 g/mol. The molecule has 2 N–H and O–H groups in total. The number of hydrogen-bond donors (Lipinski definition) is 2. The van der Waals surface area contributed by atoms with E-state index in [0.29, 0.717) is 33.8 Å². The highest BCUT2D eigenvalue weighted by atomic mass is 19.4. The number of rotatable bonds is 9. The lowest BCUT2D eigenvalue weighted by molar-refractivity contribution is -0.138. The van der Waals surface area contributed by atoms with Gasteiger partial charge in [-0.15, -0.1) is 0 Å². The molecule has 0 saturated heterocycles. The van der Waals surface area contributed by atoms with Crippen molar-refractivity contribution < 1.29 is 37.4 Å². The van der Waals surface area contributed by atoms with Crippen LogP contribution in [0.25, 0.3) is 11.1 Å². The molecule has 0 aliphatic heterocycles. The number of carbonyl (C=O) groups excluding carboxylic acids is 2. The molecule has 0 aliphatic carbocycles. The summed E-state index contributed by atoms with van der Waals surface area (Å²) in [7, 11) is 0. The number of aliphatic carboxylic acids is 1. The standard InChI is InChI=1S/C30H22F3NO5/c31-30(32,33)24-11-7-21(8-12-24)20-3-5-23(6-4-20)29(38)34-27(17-28(36)37)22-9-15-26(16-10-22)39-25-13-1-19(18-35)2-14-25/h1-16,18,27H,17H2,(H,34,38)(H,36,37). The molecule has 4 aromatic carbocycles. The van der Waals surface area contributed by atoms with Crippen molar-refractivity contribution in [1.29, 1.82) is 0 Å². The average molecular weight is 534 g/mol. The largest absolute Gasteiger partial charge is 0.481 e. The number of benzene rings is 4. The third kappa shape index (κ3) is 7.10. The fourth-order valence-corrected chi connectivity index (χ4v) is 3.85. The van der Waals surface area contributed by atoms with Crippen molar-refractivity contribution in [3.63, 3.8) is 0 Å². The molecule has 0 aliphatic rings. The lowest BCUT2D eigenvalue weighted by Gasteiger charge is -2.18. The fourth-order valence-electron chi connectivity index (χ4n) is 3.85. The molecule has 1 unspecified atom stereocenters. The van der Waals surface area contributed by atoms with Crippen LogP contribution in [0.3, 0.4) is 0 Å². The molecule has 4 aromatic rings. The van der Waals surface area contributed by atoms with Crippen molar-refractivity contribution in [3.8, 4) is 22.6 Å². The number of carbonyl (C=O) groups is 3. The molecule has 0 saturated carbocycles. The highest BCUT2D eigenvalue weighted by Gasteiger charge is 2.30. The lowest BCUT2D eigenvalue weighted by atomic mass is 10.0. The van der Waals surface area contributed by atoms with E-state index in [0.717, 1.165) is 18.4 Å². The third-order valence-electron chi connectivity index (χ3n) is 5.91. The molecule has 4 rings (SSSR count). The normalized spacial score (nSPS) is 11.9. The summed E-state index contributed by atoms with van der Waals surface area (Å²) in [5.41, 5.74) is 1.76. The Bertz CT molecular complexity index is 1450. The quantitative estimate of drug-likeness (QED) is 0.228. The molecule has 1 amide bonds. The number of alkyl halides is 3. The van der Waals surface area contributed by atoms with Crippen LogP contribution < -0.4 is 10.1 Å². The molecular weight excluding hydrogens is 511 g/mol. The van der Waals surface area contributed by atoms with E-state index in [1.165, 1.54) is 24.3 Å². The predicted molar refractivity (Wildman–Crippen MR) is 138 cm³/mol. The summed E-state index contributed by atoms with van der Waals surface area (Å²) in [5, 5.41) is 12.1. The first-order valence-electron chi connectivity index (χ1n) is 11.8. The minimum atomic E-state index is -4.43.